The lowest BCUT2D eigenvalue weighted by atomic mass is 10.2. The Bertz CT molecular complexity index is 477. The molecule has 0 aliphatic carbocycles. The number of carboxylic acid groups (broad SMARTS) is 1. The molecule has 2 N–H and O–H groups in total. The Balaban J connectivity index is 3.31. The standard InChI is InChI=1S/C10H13N3O5/c1-6(5-14)12(2)9-8(13(17)18)4-3-7(11-9)10(15)16/h3-4,6,14H,5H2,1-2H3,(H,15,16). The zero-order valence-electron chi connectivity index (χ0n) is 9.90. The van der Waals surface area contributed by atoms with Crippen LogP contribution in [0.2, 0.25) is 0 Å². The molecule has 18 heavy (non-hydrogen) atoms. The third-order valence-electron chi connectivity index (χ3n) is 2.53. The van der Waals surface area contributed by atoms with E-state index in [-0.39, 0.29) is 23.8 Å². The van der Waals surface area contributed by atoms with Crippen molar-refractivity contribution < 1.29 is 19.9 Å². The fourth-order valence-electron chi connectivity index (χ4n) is 1.29. The van der Waals surface area contributed by atoms with Crippen molar-refractivity contribution in [1.29, 1.82) is 0 Å². The van der Waals surface area contributed by atoms with Crippen LogP contribution in [0.3, 0.4) is 0 Å². The molecule has 1 atom stereocenters. The number of carbonyl (C=O) groups is 1. The minimum atomic E-state index is -1.27. The van der Waals surface area contributed by atoms with E-state index in [1.807, 2.05) is 0 Å². The lowest BCUT2D eigenvalue weighted by Crippen LogP contribution is -2.33. The number of nitrogens with zero attached hydrogens (tertiary/aromatic N) is 3. The molecule has 98 valence electrons. The first-order valence-corrected chi connectivity index (χ1v) is 5.11. The zero-order valence-corrected chi connectivity index (χ0v) is 9.90. The molecule has 0 spiro atoms. The smallest absolute Gasteiger partial charge is 0.354 e. The van der Waals surface area contributed by atoms with Gasteiger partial charge in [0.1, 0.15) is 0 Å². The number of pyridine rings is 1. The van der Waals surface area contributed by atoms with E-state index in [0.29, 0.717) is 0 Å². The largest absolute Gasteiger partial charge is 0.477 e. The second-order valence-electron chi connectivity index (χ2n) is 3.74. The molecule has 0 fully saturated rings. The Labute approximate surface area is 103 Å². The van der Waals surface area contributed by atoms with E-state index in [9.17, 15) is 14.9 Å². The van der Waals surface area contributed by atoms with Gasteiger partial charge in [0.15, 0.2) is 5.69 Å². The number of likely N-dealkylation sites (N-methyl/N-ethyl adjacent to an activating group) is 1. The topological polar surface area (TPSA) is 117 Å². The van der Waals surface area contributed by atoms with Crippen LogP contribution in [0.5, 0.6) is 0 Å². The van der Waals surface area contributed by atoms with Gasteiger partial charge < -0.3 is 15.1 Å². The van der Waals surface area contributed by atoms with Crippen molar-refractivity contribution in [3.63, 3.8) is 0 Å². The number of carboxylic acids is 1. The molecule has 0 bridgehead atoms. The Morgan fingerprint density at radius 3 is 2.67 bits per heavy atom. The first-order valence-electron chi connectivity index (χ1n) is 5.11. The molecule has 1 aromatic heterocycles. The molecule has 0 aliphatic heterocycles. The molecule has 0 radical (unpaired) electrons. The number of aromatic carboxylic acids is 1. The number of hydrogen-bond acceptors (Lipinski definition) is 6. The van der Waals surface area contributed by atoms with Gasteiger partial charge in [0.2, 0.25) is 5.82 Å². The van der Waals surface area contributed by atoms with E-state index in [4.69, 9.17) is 10.2 Å². The summed E-state index contributed by atoms with van der Waals surface area (Å²) in [6.07, 6.45) is 0. The number of hydrogen-bond donors (Lipinski definition) is 2. The van der Waals surface area contributed by atoms with Crippen molar-refractivity contribution in [2.24, 2.45) is 0 Å². The Morgan fingerprint density at radius 2 is 2.22 bits per heavy atom. The van der Waals surface area contributed by atoms with Gasteiger partial charge >= 0.3 is 11.7 Å². The van der Waals surface area contributed by atoms with Crippen LogP contribution in [0, 0.1) is 10.1 Å². The van der Waals surface area contributed by atoms with Crippen LogP contribution >= 0.6 is 0 Å². The summed E-state index contributed by atoms with van der Waals surface area (Å²) in [5.74, 6) is -1.35. The molecular formula is C10H13N3O5. The minimum absolute atomic E-state index is 0.0820. The molecule has 0 aromatic carbocycles. The van der Waals surface area contributed by atoms with Gasteiger partial charge in [-0.3, -0.25) is 10.1 Å². The van der Waals surface area contributed by atoms with Crippen molar-refractivity contribution in [2.45, 2.75) is 13.0 Å². The highest BCUT2D eigenvalue weighted by molar-refractivity contribution is 5.86. The molecule has 0 saturated heterocycles. The maximum atomic E-state index is 10.8. The Kier molecular flexibility index (Phi) is 4.16. The van der Waals surface area contributed by atoms with Gasteiger partial charge in [0.05, 0.1) is 17.6 Å². The molecule has 0 amide bonds. The number of nitro groups is 1. The molecule has 1 rings (SSSR count). The van der Waals surface area contributed by atoms with Crippen LogP contribution in [-0.4, -0.2) is 45.8 Å². The van der Waals surface area contributed by atoms with Gasteiger partial charge in [0.25, 0.3) is 0 Å². The van der Waals surface area contributed by atoms with Gasteiger partial charge in [-0.05, 0) is 13.0 Å². The summed E-state index contributed by atoms with van der Waals surface area (Å²) < 4.78 is 0. The van der Waals surface area contributed by atoms with Crippen LogP contribution in [0.4, 0.5) is 11.5 Å². The van der Waals surface area contributed by atoms with Gasteiger partial charge in [-0.25, -0.2) is 9.78 Å². The number of aliphatic hydroxyl groups is 1. The van der Waals surface area contributed by atoms with Gasteiger partial charge in [-0.2, -0.15) is 0 Å². The molecule has 1 unspecified atom stereocenters. The fraction of sp³-hybridized carbons (Fsp3) is 0.400. The zero-order chi connectivity index (χ0) is 13.9. The molecule has 8 nitrogen and oxygen atoms in total. The van der Waals surface area contributed by atoms with Crippen LogP contribution in [0.15, 0.2) is 12.1 Å². The average molecular weight is 255 g/mol. The van der Waals surface area contributed by atoms with Crippen molar-refractivity contribution in [2.75, 3.05) is 18.6 Å². The van der Waals surface area contributed by atoms with Crippen LogP contribution in [0.25, 0.3) is 0 Å². The predicted molar refractivity (Wildman–Crippen MR) is 62.8 cm³/mol. The predicted octanol–water partition coefficient (Wildman–Crippen LogP) is 0.505. The monoisotopic (exact) mass is 255 g/mol. The summed E-state index contributed by atoms with van der Waals surface area (Å²) in [5.41, 5.74) is -0.588. The van der Waals surface area contributed by atoms with Gasteiger partial charge in [-0.15, -0.1) is 0 Å². The summed E-state index contributed by atoms with van der Waals surface area (Å²) in [5, 5.41) is 28.7. The molecular weight excluding hydrogens is 242 g/mol. The first kappa shape index (κ1) is 13.8. The van der Waals surface area contributed by atoms with Crippen molar-refractivity contribution in [3.05, 3.63) is 27.9 Å². The lowest BCUT2D eigenvalue weighted by molar-refractivity contribution is -0.384. The van der Waals surface area contributed by atoms with Crippen LogP contribution in [0.1, 0.15) is 17.4 Å². The van der Waals surface area contributed by atoms with E-state index in [0.717, 1.165) is 12.1 Å². The maximum absolute atomic E-state index is 10.8. The minimum Gasteiger partial charge on any atom is -0.477 e. The molecule has 8 heteroatoms. The Hall–Kier alpha value is -2.22. The molecule has 0 saturated carbocycles. The van der Waals surface area contributed by atoms with E-state index >= 15 is 0 Å². The van der Waals surface area contributed by atoms with E-state index < -0.39 is 16.9 Å². The van der Waals surface area contributed by atoms with Crippen molar-refractivity contribution in [3.8, 4) is 0 Å². The normalized spacial score (nSPS) is 11.9. The number of rotatable bonds is 5. The van der Waals surface area contributed by atoms with Gasteiger partial charge in [-0.1, -0.05) is 0 Å². The highest BCUT2D eigenvalue weighted by Gasteiger charge is 2.23. The summed E-state index contributed by atoms with van der Waals surface area (Å²) in [6.45, 7) is 1.41. The number of anilines is 1. The van der Waals surface area contributed by atoms with Gasteiger partial charge in [0, 0.05) is 13.1 Å². The van der Waals surface area contributed by atoms with Crippen LogP contribution < -0.4 is 4.90 Å². The summed E-state index contributed by atoms with van der Waals surface area (Å²) in [4.78, 5) is 26.1. The van der Waals surface area contributed by atoms with E-state index in [1.165, 1.54) is 11.9 Å². The highest BCUT2D eigenvalue weighted by Crippen LogP contribution is 2.26. The first-order chi connectivity index (χ1) is 8.38. The highest BCUT2D eigenvalue weighted by atomic mass is 16.6. The van der Waals surface area contributed by atoms with E-state index in [1.54, 1.807) is 6.92 Å². The second kappa shape index (κ2) is 5.41. The van der Waals surface area contributed by atoms with Crippen molar-refractivity contribution in [1.82, 2.24) is 4.98 Å². The molecule has 0 aliphatic rings. The van der Waals surface area contributed by atoms with Crippen LogP contribution in [-0.2, 0) is 0 Å². The second-order valence-corrected chi connectivity index (χ2v) is 3.74. The van der Waals surface area contributed by atoms with E-state index in [2.05, 4.69) is 4.98 Å². The third-order valence-corrected chi connectivity index (χ3v) is 2.53. The average Bonchev–Trinajstić information content (AvgIpc) is 2.35. The summed E-state index contributed by atoms with van der Waals surface area (Å²) in [6, 6.07) is 1.74. The quantitative estimate of drug-likeness (QED) is 0.581. The summed E-state index contributed by atoms with van der Waals surface area (Å²) >= 11 is 0. The lowest BCUT2D eigenvalue weighted by Gasteiger charge is -2.23. The fourth-order valence-corrected chi connectivity index (χ4v) is 1.29. The number of aromatic nitrogens is 1. The molecule has 1 heterocycles. The van der Waals surface area contributed by atoms with Crippen molar-refractivity contribution >= 4 is 17.5 Å². The Morgan fingerprint density at radius 1 is 1.61 bits per heavy atom. The summed E-state index contributed by atoms with van der Waals surface area (Å²) in [7, 11) is 1.50. The maximum Gasteiger partial charge on any atom is 0.354 e. The third kappa shape index (κ3) is 2.72. The number of aliphatic hydroxyl groups excluding tert-OH is 1. The molecule has 1 aromatic rings. The SMILES string of the molecule is CC(CO)N(C)c1nc(C(=O)O)ccc1[N+](=O)[O-].